The van der Waals surface area contributed by atoms with Gasteiger partial charge in [0.1, 0.15) is 0 Å². The molecule has 0 aliphatic carbocycles. The van der Waals surface area contributed by atoms with Crippen LogP contribution in [0.15, 0.2) is 6.20 Å². The number of H-pyrrole nitrogens is 1. The molecular formula is C11H20N4O. The Hall–Kier alpha value is -1.36. The standard InChI is InChI=1S/C11H20N4O/c1-8(5-6-15(3)4)13-11(16)10-7-12-14-9(10)2/h7-8H,5-6H2,1-4H3,(H,12,14)(H,13,16). The van der Waals surface area contributed by atoms with E-state index in [0.717, 1.165) is 18.7 Å². The molecule has 1 unspecified atom stereocenters. The molecule has 2 N–H and O–H groups in total. The van der Waals surface area contributed by atoms with Crippen molar-refractivity contribution in [3.8, 4) is 0 Å². The maximum Gasteiger partial charge on any atom is 0.254 e. The normalized spacial score (nSPS) is 12.8. The van der Waals surface area contributed by atoms with Gasteiger partial charge in [-0.2, -0.15) is 5.10 Å². The molecule has 5 nitrogen and oxygen atoms in total. The van der Waals surface area contributed by atoms with Crippen LogP contribution < -0.4 is 5.32 Å². The smallest absolute Gasteiger partial charge is 0.254 e. The van der Waals surface area contributed by atoms with E-state index >= 15 is 0 Å². The number of aromatic amines is 1. The Kier molecular flexibility index (Phi) is 4.49. The molecule has 0 saturated heterocycles. The molecule has 0 saturated carbocycles. The SMILES string of the molecule is Cc1[nH]ncc1C(=O)NC(C)CCN(C)C. The molecule has 0 aliphatic rings. The predicted octanol–water partition coefficient (Wildman–Crippen LogP) is 0.788. The highest BCUT2D eigenvalue weighted by Gasteiger charge is 2.13. The molecule has 0 radical (unpaired) electrons. The summed E-state index contributed by atoms with van der Waals surface area (Å²) < 4.78 is 0. The van der Waals surface area contributed by atoms with Gasteiger partial charge in [-0.05, 0) is 40.9 Å². The first-order chi connectivity index (χ1) is 7.50. The molecule has 0 aromatic carbocycles. The lowest BCUT2D eigenvalue weighted by Crippen LogP contribution is -2.34. The van der Waals surface area contributed by atoms with Crippen LogP contribution >= 0.6 is 0 Å². The predicted molar refractivity (Wildman–Crippen MR) is 63.4 cm³/mol. The Bertz CT molecular complexity index is 346. The Labute approximate surface area is 96.2 Å². The topological polar surface area (TPSA) is 61.0 Å². The molecule has 0 aliphatic heterocycles. The van der Waals surface area contributed by atoms with Crippen molar-refractivity contribution in [2.75, 3.05) is 20.6 Å². The van der Waals surface area contributed by atoms with Crippen LogP contribution in [0.1, 0.15) is 29.4 Å². The Morgan fingerprint density at radius 2 is 2.31 bits per heavy atom. The number of nitrogens with one attached hydrogen (secondary N) is 2. The third-order valence-corrected chi connectivity index (χ3v) is 2.46. The van der Waals surface area contributed by atoms with Crippen LogP contribution in [0.25, 0.3) is 0 Å². The monoisotopic (exact) mass is 224 g/mol. The lowest BCUT2D eigenvalue weighted by Gasteiger charge is -2.16. The third-order valence-electron chi connectivity index (χ3n) is 2.46. The summed E-state index contributed by atoms with van der Waals surface area (Å²) in [6.45, 7) is 4.81. The summed E-state index contributed by atoms with van der Waals surface area (Å²) in [7, 11) is 4.05. The highest BCUT2D eigenvalue weighted by molar-refractivity contribution is 5.95. The maximum atomic E-state index is 11.8. The molecule has 1 amide bonds. The van der Waals surface area contributed by atoms with Crippen LogP contribution in [-0.2, 0) is 0 Å². The minimum absolute atomic E-state index is 0.0579. The van der Waals surface area contributed by atoms with Crippen molar-refractivity contribution in [3.05, 3.63) is 17.5 Å². The molecule has 1 heterocycles. The molecule has 0 bridgehead atoms. The fraction of sp³-hybridized carbons (Fsp3) is 0.636. The van der Waals surface area contributed by atoms with Gasteiger partial charge >= 0.3 is 0 Å². The van der Waals surface area contributed by atoms with Crippen molar-refractivity contribution in [1.29, 1.82) is 0 Å². The van der Waals surface area contributed by atoms with E-state index in [2.05, 4.69) is 20.4 Å². The van der Waals surface area contributed by atoms with Gasteiger partial charge in [-0.15, -0.1) is 0 Å². The highest BCUT2D eigenvalue weighted by atomic mass is 16.1. The fourth-order valence-corrected chi connectivity index (χ4v) is 1.41. The minimum Gasteiger partial charge on any atom is -0.349 e. The molecule has 0 spiro atoms. The molecule has 0 fully saturated rings. The van der Waals surface area contributed by atoms with Crippen LogP contribution in [0.3, 0.4) is 0 Å². The van der Waals surface area contributed by atoms with Gasteiger partial charge < -0.3 is 10.2 Å². The van der Waals surface area contributed by atoms with Gasteiger partial charge in [0.25, 0.3) is 5.91 Å². The van der Waals surface area contributed by atoms with Crippen LogP contribution in [0.4, 0.5) is 0 Å². The number of carbonyl (C=O) groups is 1. The molecule has 1 atom stereocenters. The van der Waals surface area contributed by atoms with Gasteiger partial charge in [-0.1, -0.05) is 0 Å². The zero-order chi connectivity index (χ0) is 12.1. The molecule has 1 aromatic heterocycles. The van der Waals surface area contributed by atoms with Gasteiger partial charge in [-0.3, -0.25) is 9.89 Å². The van der Waals surface area contributed by atoms with Gasteiger partial charge in [-0.25, -0.2) is 0 Å². The van der Waals surface area contributed by atoms with Gasteiger partial charge in [0.05, 0.1) is 11.8 Å². The van der Waals surface area contributed by atoms with Crippen molar-refractivity contribution in [2.45, 2.75) is 26.3 Å². The van der Waals surface area contributed by atoms with Crippen molar-refractivity contribution in [2.24, 2.45) is 0 Å². The van der Waals surface area contributed by atoms with Gasteiger partial charge in [0.15, 0.2) is 0 Å². The van der Waals surface area contributed by atoms with E-state index in [1.807, 2.05) is 27.9 Å². The first kappa shape index (κ1) is 12.7. The van der Waals surface area contributed by atoms with Gasteiger partial charge in [0, 0.05) is 11.7 Å². The second kappa shape index (κ2) is 5.65. The average molecular weight is 224 g/mol. The van der Waals surface area contributed by atoms with Crippen LogP contribution in [-0.4, -0.2) is 47.7 Å². The summed E-state index contributed by atoms with van der Waals surface area (Å²) in [6, 6.07) is 0.171. The number of aromatic nitrogens is 2. The van der Waals surface area contributed by atoms with Crippen molar-refractivity contribution < 1.29 is 4.79 Å². The minimum atomic E-state index is -0.0579. The molecule has 16 heavy (non-hydrogen) atoms. The zero-order valence-corrected chi connectivity index (χ0v) is 10.4. The van der Waals surface area contributed by atoms with E-state index in [1.54, 1.807) is 6.20 Å². The zero-order valence-electron chi connectivity index (χ0n) is 10.4. The lowest BCUT2D eigenvalue weighted by atomic mass is 10.2. The number of amides is 1. The molecular weight excluding hydrogens is 204 g/mol. The molecule has 5 heteroatoms. The van der Waals surface area contributed by atoms with E-state index in [0.29, 0.717) is 5.56 Å². The van der Waals surface area contributed by atoms with E-state index in [4.69, 9.17) is 0 Å². The molecule has 90 valence electrons. The van der Waals surface area contributed by atoms with Crippen molar-refractivity contribution >= 4 is 5.91 Å². The Balaban J connectivity index is 2.43. The number of nitrogens with zero attached hydrogens (tertiary/aromatic N) is 2. The summed E-state index contributed by atoms with van der Waals surface area (Å²) in [6.07, 6.45) is 2.50. The van der Waals surface area contributed by atoms with Crippen LogP contribution in [0.2, 0.25) is 0 Å². The summed E-state index contributed by atoms with van der Waals surface area (Å²) in [5.74, 6) is -0.0579. The number of hydrogen-bond acceptors (Lipinski definition) is 3. The van der Waals surface area contributed by atoms with Crippen LogP contribution in [0.5, 0.6) is 0 Å². The van der Waals surface area contributed by atoms with Crippen LogP contribution in [0, 0.1) is 6.92 Å². The van der Waals surface area contributed by atoms with E-state index in [1.165, 1.54) is 0 Å². The quantitative estimate of drug-likeness (QED) is 0.777. The van der Waals surface area contributed by atoms with Crippen molar-refractivity contribution in [3.63, 3.8) is 0 Å². The number of hydrogen-bond donors (Lipinski definition) is 2. The summed E-state index contributed by atoms with van der Waals surface area (Å²) in [4.78, 5) is 13.9. The second-order valence-electron chi connectivity index (χ2n) is 4.38. The first-order valence-corrected chi connectivity index (χ1v) is 5.46. The number of carbonyl (C=O) groups excluding carboxylic acids is 1. The largest absolute Gasteiger partial charge is 0.349 e. The number of rotatable bonds is 5. The summed E-state index contributed by atoms with van der Waals surface area (Å²) >= 11 is 0. The summed E-state index contributed by atoms with van der Waals surface area (Å²) in [5.41, 5.74) is 1.43. The second-order valence-corrected chi connectivity index (χ2v) is 4.38. The molecule has 1 aromatic rings. The van der Waals surface area contributed by atoms with E-state index in [9.17, 15) is 4.79 Å². The first-order valence-electron chi connectivity index (χ1n) is 5.46. The average Bonchev–Trinajstić information content (AvgIpc) is 2.61. The van der Waals surface area contributed by atoms with E-state index in [-0.39, 0.29) is 11.9 Å². The van der Waals surface area contributed by atoms with E-state index < -0.39 is 0 Å². The Morgan fingerprint density at radius 3 is 2.81 bits per heavy atom. The third kappa shape index (κ3) is 3.66. The number of aryl methyl sites for hydroxylation is 1. The molecule has 1 rings (SSSR count). The maximum absolute atomic E-state index is 11.8. The lowest BCUT2D eigenvalue weighted by molar-refractivity contribution is 0.0936. The van der Waals surface area contributed by atoms with Gasteiger partial charge in [0.2, 0.25) is 0 Å². The fourth-order valence-electron chi connectivity index (χ4n) is 1.41. The highest BCUT2D eigenvalue weighted by Crippen LogP contribution is 2.03. The summed E-state index contributed by atoms with van der Waals surface area (Å²) in [5, 5.41) is 9.54. The Morgan fingerprint density at radius 1 is 1.62 bits per heavy atom. The van der Waals surface area contributed by atoms with Crippen molar-refractivity contribution in [1.82, 2.24) is 20.4 Å².